The number of esters is 1. The Morgan fingerprint density at radius 3 is 2.16 bits per heavy atom. The Kier molecular flexibility index (Phi) is 5.48. The molecule has 1 spiro atoms. The van der Waals surface area contributed by atoms with Gasteiger partial charge in [-0.05, 0) is 100 Å². The third-order valence-electron chi connectivity index (χ3n) is 14.2. The second-order valence-electron chi connectivity index (χ2n) is 16.4. The molecule has 0 aromatic heterocycles. The summed E-state index contributed by atoms with van der Waals surface area (Å²) in [5.41, 5.74) is -2.29. The summed E-state index contributed by atoms with van der Waals surface area (Å²) in [7, 11) is 0. The van der Waals surface area contributed by atoms with Gasteiger partial charge in [-0.3, -0.25) is 4.79 Å². The van der Waals surface area contributed by atoms with Gasteiger partial charge in [-0.2, -0.15) is 0 Å². The first-order chi connectivity index (χ1) is 17.3. The number of hydrogen-bond acceptors (Lipinski definition) is 6. The fourth-order valence-corrected chi connectivity index (χ4v) is 12.1. The molecule has 0 radical (unpaired) electrons. The first-order valence-corrected chi connectivity index (χ1v) is 15.3. The minimum absolute atomic E-state index is 0.0312. The molecule has 0 aromatic carbocycles. The van der Waals surface area contributed by atoms with Gasteiger partial charge in [0.25, 0.3) is 0 Å². The van der Waals surface area contributed by atoms with Crippen molar-refractivity contribution in [3.63, 3.8) is 0 Å². The first-order valence-electron chi connectivity index (χ1n) is 15.3. The van der Waals surface area contributed by atoms with Gasteiger partial charge in [0, 0.05) is 24.7 Å². The third kappa shape index (κ3) is 2.97. The lowest BCUT2D eigenvalue weighted by molar-refractivity contribution is -0.295. The molecule has 6 fully saturated rings. The second-order valence-corrected chi connectivity index (χ2v) is 16.4. The van der Waals surface area contributed by atoms with Crippen molar-refractivity contribution in [1.29, 1.82) is 0 Å². The van der Waals surface area contributed by atoms with Crippen molar-refractivity contribution in [2.75, 3.05) is 0 Å². The van der Waals surface area contributed by atoms with Crippen LogP contribution in [0.4, 0.5) is 0 Å². The number of ether oxygens (including phenoxy) is 3. The smallest absolute Gasteiger partial charge is 0.302 e. The van der Waals surface area contributed by atoms with Gasteiger partial charge < -0.3 is 24.4 Å². The van der Waals surface area contributed by atoms with E-state index in [2.05, 4.69) is 41.5 Å². The number of fused-ring (bicyclic) bond motifs is 9. The number of carbonyl (C=O) groups is 1. The van der Waals surface area contributed by atoms with Crippen molar-refractivity contribution >= 4 is 5.97 Å². The van der Waals surface area contributed by atoms with E-state index in [1.807, 2.05) is 0 Å². The highest BCUT2D eigenvalue weighted by molar-refractivity contribution is 5.66. The van der Waals surface area contributed by atoms with Gasteiger partial charge in [-0.1, -0.05) is 34.6 Å². The molecule has 2 N–H and O–H groups in total. The topological polar surface area (TPSA) is 85.2 Å². The third-order valence-corrected chi connectivity index (χ3v) is 14.2. The summed E-state index contributed by atoms with van der Waals surface area (Å²) in [5, 5.41) is 23.4. The van der Waals surface area contributed by atoms with Crippen molar-refractivity contribution in [1.82, 2.24) is 0 Å². The lowest BCUT2D eigenvalue weighted by Crippen LogP contribution is -2.69. The van der Waals surface area contributed by atoms with E-state index in [1.54, 1.807) is 13.8 Å². The highest BCUT2D eigenvalue weighted by Gasteiger charge is 2.82. The zero-order chi connectivity index (χ0) is 27.9. The second kappa shape index (κ2) is 7.57. The predicted octanol–water partition coefficient (Wildman–Crippen LogP) is 5.76. The predicted molar refractivity (Wildman–Crippen MR) is 144 cm³/mol. The summed E-state index contributed by atoms with van der Waals surface area (Å²) < 4.78 is 19.6. The van der Waals surface area contributed by atoms with E-state index < -0.39 is 28.7 Å². The van der Waals surface area contributed by atoms with Gasteiger partial charge in [0.2, 0.25) is 0 Å². The van der Waals surface area contributed by atoms with E-state index in [1.165, 1.54) is 6.92 Å². The Balaban J connectivity index is 1.38. The summed E-state index contributed by atoms with van der Waals surface area (Å²) in [6.45, 7) is 19.4. The molecule has 6 nitrogen and oxygen atoms in total. The molecule has 11 atom stereocenters. The summed E-state index contributed by atoms with van der Waals surface area (Å²) in [6.07, 6.45) is 7.77. The van der Waals surface area contributed by atoms with Gasteiger partial charge in [0.1, 0.15) is 17.3 Å². The zero-order valence-corrected chi connectivity index (χ0v) is 25.3. The molecular weight excluding hydrogens is 480 g/mol. The Labute approximate surface area is 229 Å². The molecule has 0 amide bonds. The zero-order valence-electron chi connectivity index (χ0n) is 25.3. The SMILES string of the molecule is CC(=O)O[C@@H]1CC[C@@]2(C)C(CC[C@]3(C)[C@@H]2CC(O)C2[C@@]3(C)CC[C@@]23O[C@@]2(C(C)(C)O)CC[C@]3(C)O2)C1(C)C. The van der Waals surface area contributed by atoms with Gasteiger partial charge >= 0.3 is 5.97 Å². The van der Waals surface area contributed by atoms with Gasteiger partial charge in [0.05, 0.1) is 11.7 Å². The molecule has 2 heterocycles. The summed E-state index contributed by atoms with van der Waals surface area (Å²) in [4.78, 5) is 11.9. The molecule has 4 saturated carbocycles. The van der Waals surface area contributed by atoms with E-state index in [0.29, 0.717) is 18.3 Å². The van der Waals surface area contributed by atoms with Crippen molar-refractivity contribution in [2.24, 2.45) is 39.4 Å². The molecule has 4 aliphatic carbocycles. The molecule has 2 saturated heterocycles. The molecule has 2 aliphatic heterocycles. The fourth-order valence-electron chi connectivity index (χ4n) is 12.1. The van der Waals surface area contributed by atoms with Crippen LogP contribution in [0.25, 0.3) is 0 Å². The summed E-state index contributed by atoms with van der Waals surface area (Å²) >= 11 is 0. The highest BCUT2D eigenvalue weighted by atomic mass is 16.8. The standard InChI is InChI=1S/C32H52O6/c1-19(33)36-23-11-12-27(6)21(25(23,2)3)10-13-28(7)22(27)18-20(34)24-29(28,8)14-16-31(24)30(9)15-17-32(37-30,38-31)26(4,5)35/h20-24,34-35H,10-18H2,1-9H3/t20?,21?,22-,23-,24?,27+,28-,29-,30+,31-,32-/m1/s1. The largest absolute Gasteiger partial charge is 0.462 e. The van der Waals surface area contributed by atoms with Crippen LogP contribution < -0.4 is 0 Å². The van der Waals surface area contributed by atoms with Crippen LogP contribution in [0, 0.1) is 39.4 Å². The van der Waals surface area contributed by atoms with E-state index in [0.717, 1.165) is 51.4 Å². The number of aliphatic hydroxyl groups is 2. The van der Waals surface area contributed by atoms with Crippen molar-refractivity contribution in [3.05, 3.63) is 0 Å². The van der Waals surface area contributed by atoms with Crippen LogP contribution in [0.5, 0.6) is 0 Å². The lowest BCUT2D eigenvalue weighted by Gasteiger charge is -2.71. The molecule has 2 bridgehead atoms. The summed E-state index contributed by atoms with van der Waals surface area (Å²) in [5.74, 6) is -0.401. The van der Waals surface area contributed by atoms with E-state index >= 15 is 0 Å². The van der Waals surface area contributed by atoms with Crippen LogP contribution in [-0.4, -0.2) is 51.0 Å². The Morgan fingerprint density at radius 2 is 1.55 bits per heavy atom. The normalized spacial score (nSPS) is 56.9. The van der Waals surface area contributed by atoms with E-state index in [-0.39, 0.29) is 39.7 Å². The Bertz CT molecular complexity index is 1030. The van der Waals surface area contributed by atoms with Crippen molar-refractivity contribution in [3.8, 4) is 0 Å². The highest BCUT2D eigenvalue weighted by Crippen LogP contribution is 2.79. The number of rotatable bonds is 2. The monoisotopic (exact) mass is 532 g/mol. The Morgan fingerprint density at radius 1 is 0.868 bits per heavy atom. The van der Waals surface area contributed by atoms with Gasteiger partial charge in [-0.15, -0.1) is 0 Å². The van der Waals surface area contributed by atoms with Crippen LogP contribution in [0.1, 0.15) is 120 Å². The van der Waals surface area contributed by atoms with Crippen LogP contribution in [0.2, 0.25) is 0 Å². The number of carbonyl (C=O) groups excluding carboxylic acids is 1. The first kappa shape index (κ1) is 27.5. The fraction of sp³-hybridized carbons (Fsp3) is 0.969. The minimum Gasteiger partial charge on any atom is -0.462 e. The Hall–Kier alpha value is -0.690. The van der Waals surface area contributed by atoms with E-state index in [4.69, 9.17) is 14.2 Å². The van der Waals surface area contributed by atoms with Crippen LogP contribution in [-0.2, 0) is 19.0 Å². The average molecular weight is 533 g/mol. The quantitative estimate of drug-likeness (QED) is 0.440. The minimum atomic E-state index is -1.11. The maximum Gasteiger partial charge on any atom is 0.302 e. The van der Waals surface area contributed by atoms with Gasteiger partial charge in [-0.25, -0.2) is 0 Å². The van der Waals surface area contributed by atoms with Crippen molar-refractivity contribution < 1.29 is 29.2 Å². The maximum absolute atomic E-state index is 12.2. The molecule has 6 rings (SSSR count). The van der Waals surface area contributed by atoms with Crippen LogP contribution in [0.15, 0.2) is 0 Å². The number of aliphatic hydroxyl groups excluding tert-OH is 1. The molecule has 6 heteroatoms. The van der Waals surface area contributed by atoms with Gasteiger partial charge in [0.15, 0.2) is 5.79 Å². The van der Waals surface area contributed by atoms with Crippen LogP contribution >= 0.6 is 0 Å². The average Bonchev–Trinajstić information content (AvgIpc) is 3.39. The van der Waals surface area contributed by atoms with Crippen LogP contribution in [0.3, 0.4) is 0 Å². The molecule has 3 unspecified atom stereocenters. The molecule has 38 heavy (non-hydrogen) atoms. The molecule has 6 aliphatic rings. The van der Waals surface area contributed by atoms with E-state index in [9.17, 15) is 15.0 Å². The molecular formula is C32H52O6. The maximum atomic E-state index is 12.2. The van der Waals surface area contributed by atoms with Crippen molar-refractivity contribution in [2.45, 2.75) is 155 Å². The summed E-state index contributed by atoms with van der Waals surface area (Å²) in [6, 6.07) is 0. The lowest BCUT2D eigenvalue weighted by atomic mass is 9.35. The number of hydrogen-bond donors (Lipinski definition) is 2. The molecule has 216 valence electrons. The molecule has 0 aromatic rings.